The first-order valence-corrected chi connectivity index (χ1v) is 6.24. The van der Waals surface area contributed by atoms with Gasteiger partial charge in [0.2, 0.25) is 0 Å². The van der Waals surface area contributed by atoms with E-state index < -0.39 is 0 Å². The Morgan fingerprint density at radius 2 is 2.47 bits per heavy atom. The Kier molecular flexibility index (Phi) is 3.97. The standard InChI is InChI=1S/C13H21N3O/c1-10(14-2)12-4-3-6-15-13(12)16-7-5-11(8-16)9-17/h3-4,6,10-11,14,17H,5,7-9H2,1-2H3. The molecule has 2 atom stereocenters. The molecule has 2 unspecified atom stereocenters. The average Bonchev–Trinajstić information content (AvgIpc) is 2.86. The zero-order chi connectivity index (χ0) is 12.3. The van der Waals surface area contributed by atoms with Gasteiger partial charge in [0.05, 0.1) is 0 Å². The van der Waals surface area contributed by atoms with Gasteiger partial charge in [-0.05, 0) is 26.5 Å². The SMILES string of the molecule is CNC(C)c1cccnc1N1CCC(CO)C1. The lowest BCUT2D eigenvalue weighted by molar-refractivity contribution is 0.238. The van der Waals surface area contributed by atoms with Gasteiger partial charge in [0.15, 0.2) is 0 Å². The van der Waals surface area contributed by atoms with Crippen LogP contribution >= 0.6 is 0 Å². The van der Waals surface area contributed by atoms with Crippen molar-refractivity contribution in [3.8, 4) is 0 Å². The lowest BCUT2D eigenvalue weighted by Gasteiger charge is -2.23. The van der Waals surface area contributed by atoms with Crippen molar-refractivity contribution in [1.82, 2.24) is 10.3 Å². The zero-order valence-corrected chi connectivity index (χ0v) is 10.6. The Balaban J connectivity index is 2.20. The minimum absolute atomic E-state index is 0.278. The van der Waals surface area contributed by atoms with Crippen LogP contribution in [0.4, 0.5) is 5.82 Å². The van der Waals surface area contributed by atoms with E-state index in [4.69, 9.17) is 0 Å². The Morgan fingerprint density at radius 1 is 1.65 bits per heavy atom. The molecule has 1 aliphatic heterocycles. The minimum atomic E-state index is 0.278. The van der Waals surface area contributed by atoms with Crippen molar-refractivity contribution in [2.75, 3.05) is 31.6 Å². The number of nitrogens with one attached hydrogen (secondary N) is 1. The molecule has 0 saturated carbocycles. The zero-order valence-electron chi connectivity index (χ0n) is 10.6. The van der Waals surface area contributed by atoms with Crippen LogP contribution in [-0.4, -0.2) is 36.8 Å². The topological polar surface area (TPSA) is 48.4 Å². The van der Waals surface area contributed by atoms with E-state index >= 15 is 0 Å². The van der Waals surface area contributed by atoms with Crippen LogP contribution in [0.1, 0.15) is 24.9 Å². The van der Waals surface area contributed by atoms with Crippen LogP contribution in [0, 0.1) is 5.92 Å². The van der Waals surface area contributed by atoms with E-state index in [1.54, 1.807) is 0 Å². The first-order valence-electron chi connectivity index (χ1n) is 6.24. The van der Waals surface area contributed by atoms with Crippen molar-refractivity contribution in [3.63, 3.8) is 0 Å². The molecule has 0 amide bonds. The fraction of sp³-hybridized carbons (Fsp3) is 0.615. The van der Waals surface area contributed by atoms with E-state index in [1.807, 2.05) is 19.3 Å². The molecule has 4 heteroatoms. The van der Waals surface area contributed by atoms with Gasteiger partial charge in [-0.2, -0.15) is 0 Å². The lowest BCUT2D eigenvalue weighted by atomic mass is 10.1. The molecule has 1 fully saturated rings. The molecule has 0 bridgehead atoms. The molecule has 94 valence electrons. The predicted molar refractivity (Wildman–Crippen MR) is 69.1 cm³/mol. The van der Waals surface area contributed by atoms with Gasteiger partial charge in [0, 0.05) is 43.4 Å². The summed E-state index contributed by atoms with van der Waals surface area (Å²) in [6.07, 6.45) is 2.90. The molecular formula is C13H21N3O. The van der Waals surface area contributed by atoms with E-state index in [2.05, 4.69) is 28.2 Å². The first kappa shape index (κ1) is 12.3. The Morgan fingerprint density at radius 3 is 3.12 bits per heavy atom. The van der Waals surface area contributed by atoms with Gasteiger partial charge in [-0.3, -0.25) is 0 Å². The van der Waals surface area contributed by atoms with Gasteiger partial charge >= 0.3 is 0 Å². The lowest BCUT2D eigenvalue weighted by Crippen LogP contribution is -2.25. The largest absolute Gasteiger partial charge is 0.396 e. The monoisotopic (exact) mass is 235 g/mol. The molecule has 1 aromatic rings. The van der Waals surface area contributed by atoms with Crippen LogP contribution in [-0.2, 0) is 0 Å². The van der Waals surface area contributed by atoms with Crippen LogP contribution in [0.25, 0.3) is 0 Å². The number of anilines is 1. The van der Waals surface area contributed by atoms with E-state index in [9.17, 15) is 5.11 Å². The normalized spacial score (nSPS) is 21.8. The number of hydrogen-bond acceptors (Lipinski definition) is 4. The maximum Gasteiger partial charge on any atom is 0.133 e. The molecule has 0 spiro atoms. The summed E-state index contributed by atoms with van der Waals surface area (Å²) < 4.78 is 0. The van der Waals surface area contributed by atoms with E-state index in [1.165, 1.54) is 5.56 Å². The molecule has 4 nitrogen and oxygen atoms in total. The van der Waals surface area contributed by atoms with Crippen LogP contribution in [0.2, 0.25) is 0 Å². The molecular weight excluding hydrogens is 214 g/mol. The third-order valence-electron chi connectivity index (χ3n) is 3.56. The van der Waals surface area contributed by atoms with Crippen molar-refractivity contribution >= 4 is 5.82 Å². The first-order chi connectivity index (χ1) is 8.26. The smallest absolute Gasteiger partial charge is 0.133 e. The van der Waals surface area contributed by atoms with Crippen LogP contribution < -0.4 is 10.2 Å². The van der Waals surface area contributed by atoms with Gasteiger partial charge in [-0.25, -0.2) is 4.98 Å². The summed E-state index contributed by atoms with van der Waals surface area (Å²) in [5, 5.41) is 12.5. The third kappa shape index (κ3) is 2.58. The quantitative estimate of drug-likeness (QED) is 0.823. The molecule has 1 aromatic heterocycles. The molecule has 1 aliphatic rings. The van der Waals surface area contributed by atoms with Gasteiger partial charge in [0.25, 0.3) is 0 Å². The minimum Gasteiger partial charge on any atom is -0.396 e. The van der Waals surface area contributed by atoms with E-state index in [0.717, 1.165) is 25.3 Å². The van der Waals surface area contributed by atoms with E-state index in [0.29, 0.717) is 12.0 Å². The highest BCUT2D eigenvalue weighted by molar-refractivity contribution is 5.49. The summed E-state index contributed by atoms with van der Waals surface area (Å²) >= 11 is 0. The molecule has 0 aromatic carbocycles. The van der Waals surface area contributed by atoms with Crippen LogP contribution in [0.15, 0.2) is 18.3 Å². The molecule has 0 radical (unpaired) electrons. The summed E-state index contributed by atoms with van der Waals surface area (Å²) in [6.45, 7) is 4.32. The maximum absolute atomic E-state index is 9.20. The van der Waals surface area contributed by atoms with Crippen molar-refractivity contribution in [1.29, 1.82) is 0 Å². The average molecular weight is 235 g/mol. The second kappa shape index (κ2) is 5.47. The summed E-state index contributed by atoms with van der Waals surface area (Å²) in [4.78, 5) is 6.78. The third-order valence-corrected chi connectivity index (χ3v) is 3.56. The van der Waals surface area contributed by atoms with Crippen LogP contribution in [0.3, 0.4) is 0 Å². The Bertz CT molecular complexity index is 369. The highest BCUT2D eigenvalue weighted by Crippen LogP contribution is 2.28. The summed E-state index contributed by atoms with van der Waals surface area (Å²) in [5.41, 5.74) is 1.23. The van der Waals surface area contributed by atoms with Crippen molar-refractivity contribution in [2.45, 2.75) is 19.4 Å². The van der Waals surface area contributed by atoms with Crippen molar-refractivity contribution in [3.05, 3.63) is 23.9 Å². The van der Waals surface area contributed by atoms with Crippen molar-refractivity contribution < 1.29 is 5.11 Å². The second-order valence-electron chi connectivity index (χ2n) is 4.71. The Labute approximate surface area is 103 Å². The highest BCUT2D eigenvalue weighted by atomic mass is 16.3. The second-order valence-corrected chi connectivity index (χ2v) is 4.71. The molecule has 2 N–H and O–H groups in total. The summed E-state index contributed by atoms with van der Waals surface area (Å²) in [7, 11) is 1.96. The van der Waals surface area contributed by atoms with Gasteiger partial charge in [-0.1, -0.05) is 6.07 Å². The number of aromatic nitrogens is 1. The van der Waals surface area contributed by atoms with E-state index in [-0.39, 0.29) is 6.61 Å². The number of aliphatic hydroxyl groups is 1. The van der Waals surface area contributed by atoms with Gasteiger partial charge in [0.1, 0.15) is 5.82 Å². The fourth-order valence-electron chi connectivity index (χ4n) is 2.34. The highest BCUT2D eigenvalue weighted by Gasteiger charge is 2.25. The fourth-order valence-corrected chi connectivity index (χ4v) is 2.34. The number of aliphatic hydroxyl groups excluding tert-OH is 1. The maximum atomic E-state index is 9.20. The summed E-state index contributed by atoms with van der Waals surface area (Å²) in [5.74, 6) is 1.46. The number of pyridine rings is 1. The molecule has 2 rings (SSSR count). The molecule has 2 heterocycles. The van der Waals surface area contributed by atoms with Gasteiger partial charge in [-0.15, -0.1) is 0 Å². The summed E-state index contributed by atoms with van der Waals surface area (Å²) in [6, 6.07) is 4.40. The molecule has 17 heavy (non-hydrogen) atoms. The van der Waals surface area contributed by atoms with Crippen molar-refractivity contribution in [2.24, 2.45) is 5.92 Å². The molecule has 1 saturated heterocycles. The van der Waals surface area contributed by atoms with Crippen LogP contribution in [0.5, 0.6) is 0 Å². The Hall–Kier alpha value is -1.13. The number of hydrogen-bond donors (Lipinski definition) is 2. The number of rotatable bonds is 4. The predicted octanol–water partition coefficient (Wildman–Crippen LogP) is 1.18. The van der Waals surface area contributed by atoms with Gasteiger partial charge < -0.3 is 15.3 Å². The molecule has 0 aliphatic carbocycles. The number of nitrogens with zero attached hydrogens (tertiary/aromatic N) is 2.